The Bertz CT molecular complexity index is 1060. The van der Waals surface area contributed by atoms with Gasteiger partial charge in [-0.1, -0.05) is 24.4 Å². The normalized spacial score (nSPS) is 16.4. The molecule has 0 radical (unpaired) electrons. The van der Waals surface area contributed by atoms with Crippen LogP contribution in [0.25, 0.3) is 10.9 Å². The van der Waals surface area contributed by atoms with Crippen LogP contribution in [0.3, 0.4) is 0 Å². The number of rotatable bonds is 7. The molecule has 3 heterocycles. The van der Waals surface area contributed by atoms with E-state index >= 15 is 0 Å². The zero-order valence-corrected chi connectivity index (χ0v) is 17.9. The Morgan fingerprint density at radius 3 is 2.55 bits per heavy atom. The molecule has 1 aromatic carbocycles. The van der Waals surface area contributed by atoms with Gasteiger partial charge in [0.25, 0.3) is 0 Å². The second kappa shape index (κ2) is 8.86. The number of piperidine rings is 1. The van der Waals surface area contributed by atoms with Gasteiger partial charge < -0.3 is 4.57 Å². The van der Waals surface area contributed by atoms with Gasteiger partial charge >= 0.3 is 0 Å². The van der Waals surface area contributed by atoms with Crippen LogP contribution in [-0.4, -0.2) is 35.4 Å². The molecule has 1 aliphatic heterocycles. The summed E-state index contributed by atoms with van der Waals surface area (Å²) in [5, 5.41) is 1.73. The number of sulfonamides is 1. The van der Waals surface area contributed by atoms with Gasteiger partial charge in [0.1, 0.15) is 0 Å². The average Bonchev–Trinajstić information content (AvgIpc) is 3.15. The van der Waals surface area contributed by atoms with E-state index < -0.39 is 10.0 Å². The Kier molecular flexibility index (Phi) is 6.23. The van der Waals surface area contributed by atoms with E-state index in [9.17, 15) is 8.42 Å². The first-order chi connectivity index (χ1) is 14.0. The van der Waals surface area contributed by atoms with E-state index in [1.54, 1.807) is 28.6 Å². The fraction of sp³-hybridized carbons (Fsp3) is 0.409. The quantitative estimate of drug-likeness (QED) is 0.497. The lowest BCUT2D eigenvalue weighted by Gasteiger charge is -2.31. The molecule has 0 unspecified atom stereocenters. The van der Waals surface area contributed by atoms with Gasteiger partial charge in [0.05, 0.1) is 10.4 Å². The lowest BCUT2D eigenvalue weighted by molar-refractivity contribution is 0.258. The highest BCUT2D eigenvalue weighted by molar-refractivity contribution is 7.89. The number of benzene rings is 1. The van der Waals surface area contributed by atoms with E-state index in [0.717, 1.165) is 32.2 Å². The lowest BCUT2D eigenvalue weighted by atomic mass is 9.92. The molecule has 0 N–H and O–H groups in total. The molecule has 3 aromatic rings. The SMILES string of the molecule is O=S(=O)(c1ccc(Cl)cc1)N1CCC(CCCCn2ccc3cnccc32)CC1. The molecule has 154 valence electrons. The summed E-state index contributed by atoms with van der Waals surface area (Å²) < 4.78 is 29.5. The molecule has 0 aliphatic carbocycles. The second-order valence-electron chi connectivity index (χ2n) is 7.74. The maximum absolute atomic E-state index is 12.8. The highest BCUT2D eigenvalue weighted by Crippen LogP contribution is 2.27. The summed E-state index contributed by atoms with van der Waals surface area (Å²) in [5.41, 5.74) is 1.24. The highest BCUT2D eigenvalue weighted by Gasteiger charge is 2.29. The fourth-order valence-corrected chi connectivity index (χ4v) is 5.74. The van der Waals surface area contributed by atoms with Gasteiger partial charge in [-0.05, 0) is 61.6 Å². The summed E-state index contributed by atoms with van der Waals surface area (Å²) in [4.78, 5) is 4.49. The van der Waals surface area contributed by atoms with Crippen molar-refractivity contribution in [1.82, 2.24) is 13.9 Å². The first kappa shape index (κ1) is 20.4. The van der Waals surface area contributed by atoms with Crippen LogP contribution in [0.5, 0.6) is 0 Å². The minimum Gasteiger partial charge on any atom is -0.347 e. The van der Waals surface area contributed by atoms with E-state index in [1.165, 1.54) is 17.3 Å². The molecule has 1 fully saturated rings. The number of hydrogen-bond acceptors (Lipinski definition) is 3. The maximum atomic E-state index is 12.8. The number of unbranched alkanes of at least 4 members (excludes halogenated alkanes) is 1. The predicted molar refractivity (Wildman–Crippen MR) is 117 cm³/mol. The van der Waals surface area contributed by atoms with Crippen LogP contribution in [0.4, 0.5) is 0 Å². The van der Waals surface area contributed by atoms with Crippen molar-refractivity contribution in [3.8, 4) is 0 Å². The molecule has 0 amide bonds. The van der Waals surface area contributed by atoms with Crippen LogP contribution in [0, 0.1) is 5.92 Å². The lowest BCUT2D eigenvalue weighted by Crippen LogP contribution is -2.38. The van der Waals surface area contributed by atoms with Gasteiger partial charge in [0.15, 0.2) is 0 Å². The molecular formula is C22H26ClN3O2S. The van der Waals surface area contributed by atoms with Gasteiger partial charge in [0.2, 0.25) is 10.0 Å². The Hall–Kier alpha value is -1.89. The predicted octanol–water partition coefficient (Wildman–Crippen LogP) is 4.96. The molecule has 5 nitrogen and oxygen atoms in total. The van der Waals surface area contributed by atoms with Crippen molar-refractivity contribution in [2.24, 2.45) is 5.92 Å². The van der Waals surface area contributed by atoms with Crippen LogP contribution in [0.2, 0.25) is 5.02 Å². The molecule has 7 heteroatoms. The molecule has 0 atom stereocenters. The second-order valence-corrected chi connectivity index (χ2v) is 10.1. The Morgan fingerprint density at radius 1 is 1.03 bits per heavy atom. The molecular weight excluding hydrogens is 406 g/mol. The monoisotopic (exact) mass is 431 g/mol. The van der Waals surface area contributed by atoms with E-state index in [0.29, 0.717) is 28.9 Å². The summed E-state index contributed by atoms with van der Waals surface area (Å²) in [5.74, 6) is 0.609. The first-order valence-electron chi connectivity index (χ1n) is 10.2. The Labute approximate surface area is 177 Å². The van der Waals surface area contributed by atoms with Crippen LogP contribution in [-0.2, 0) is 16.6 Å². The number of halogens is 1. The third-order valence-electron chi connectivity index (χ3n) is 5.86. The van der Waals surface area contributed by atoms with Crippen LogP contribution in [0.1, 0.15) is 32.1 Å². The molecule has 29 heavy (non-hydrogen) atoms. The van der Waals surface area contributed by atoms with Gasteiger partial charge in [0, 0.05) is 48.6 Å². The van der Waals surface area contributed by atoms with Crippen molar-refractivity contribution in [2.45, 2.75) is 43.5 Å². The maximum Gasteiger partial charge on any atom is 0.243 e. The van der Waals surface area contributed by atoms with Crippen molar-refractivity contribution in [3.05, 3.63) is 60.0 Å². The molecule has 1 aliphatic rings. The third-order valence-corrected chi connectivity index (χ3v) is 8.02. The summed E-state index contributed by atoms with van der Waals surface area (Å²) in [6.07, 6.45) is 11.2. The average molecular weight is 432 g/mol. The van der Waals surface area contributed by atoms with Crippen molar-refractivity contribution < 1.29 is 8.42 Å². The zero-order chi connectivity index (χ0) is 20.3. The molecule has 0 spiro atoms. The molecule has 4 rings (SSSR count). The van der Waals surface area contributed by atoms with E-state index in [-0.39, 0.29) is 0 Å². The summed E-state index contributed by atoms with van der Waals surface area (Å²) in [7, 11) is -3.41. The van der Waals surface area contributed by atoms with E-state index in [2.05, 4.69) is 27.9 Å². The summed E-state index contributed by atoms with van der Waals surface area (Å²) in [6, 6.07) is 10.6. The van der Waals surface area contributed by atoms with Gasteiger partial charge in [-0.3, -0.25) is 4.98 Å². The largest absolute Gasteiger partial charge is 0.347 e. The van der Waals surface area contributed by atoms with Crippen molar-refractivity contribution in [1.29, 1.82) is 0 Å². The standard InChI is InChI=1S/C22H26ClN3O2S/c23-20-4-6-21(7-5-20)29(27,28)26-15-9-18(10-16-26)3-1-2-13-25-14-11-19-17-24-12-8-22(19)25/h4-8,11-12,14,17-18H,1-3,9-10,13,15-16H2. The van der Waals surface area contributed by atoms with Gasteiger partial charge in [-0.25, -0.2) is 8.42 Å². The number of aromatic nitrogens is 2. The fourth-order valence-electron chi connectivity index (χ4n) is 4.14. The minimum absolute atomic E-state index is 0.328. The van der Waals surface area contributed by atoms with Crippen molar-refractivity contribution in [2.75, 3.05) is 13.1 Å². The third kappa shape index (κ3) is 4.65. The number of nitrogens with zero attached hydrogens (tertiary/aromatic N) is 3. The smallest absolute Gasteiger partial charge is 0.243 e. The van der Waals surface area contributed by atoms with Crippen LogP contribution >= 0.6 is 11.6 Å². The zero-order valence-electron chi connectivity index (χ0n) is 16.4. The van der Waals surface area contributed by atoms with E-state index in [1.807, 2.05) is 12.4 Å². The van der Waals surface area contributed by atoms with Gasteiger partial charge in [-0.15, -0.1) is 0 Å². The Morgan fingerprint density at radius 2 is 1.79 bits per heavy atom. The van der Waals surface area contributed by atoms with Gasteiger partial charge in [-0.2, -0.15) is 4.31 Å². The number of hydrogen-bond donors (Lipinski definition) is 0. The summed E-state index contributed by atoms with van der Waals surface area (Å²) >= 11 is 5.88. The molecule has 1 saturated heterocycles. The molecule has 2 aromatic heterocycles. The van der Waals surface area contributed by atoms with Crippen LogP contribution in [0.15, 0.2) is 59.9 Å². The number of fused-ring (bicyclic) bond motifs is 1. The first-order valence-corrected chi connectivity index (χ1v) is 12.0. The van der Waals surface area contributed by atoms with Crippen molar-refractivity contribution in [3.63, 3.8) is 0 Å². The number of pyridine rings is 1. The summed E-state index contributed by atoms with van der Waals surface area (Å²) in [6.45, 7) is 2.22. The van der Waals surface area contributed by atoms with Crippen molar-refractivity contribution >= 4 is 32.5 Å². The minimum atomic E-state index is -3.41. The molecule has 0 bridgehead atoms. The Balaban J connectivity index is 1.23. The van der Waals surface area contributed by atoms with Crippen LogP contribution < -0.4 is 0 Å². The highest BCUT2D eigenvalue weighted by atomic mass is 35.5. The topological polar surface area (TPSA) is 55.2 Å². The van der Waals surface area contributed by atoms with E-state index in [4.69, 9.17) is 11.6 Å². The number of aryl methyl sites for hydroxylation is 1. The molecule has 0 saturated carbocycles.